The first-order valence-corrected chi connectivity index (χ1v) is 5.99. The highest BCUT2D eigenvalue weighted by molar-refractivity contribution is 7.72. The van der Waals surface area contributed by atoms with Crippen LogP contribution in [0.3, 0.4) is 0 Å². The summed E-state index contributed by atoms with van der Waals surface area (Å²) in [5.74, 6) is 0.0225. The van der Waals surface area contributed by atoms with Crippen molar-refractivity contribution in [2.75, 3.05) is 6.61 Å². The average Bonchev–Trinajstić information content (AvgIpc) is 2.68. The van der Waals surface area contributed by atoms with Crippen molar-refractivity contribution >= 4 is 21.6 Å². The SMILES string of the molecule is O=[SH](=O)c1c[nH]c2cc(OCC(F)(F)F)ccc12. The molecule has 18 heavy (non-hydrogen) atoms. The zero-order valence-corrected chi connectivity index (χ0v) is 9.72. The lowest BCUT2D eigenvalue weighted by molar-refractivity contribution is -0.153. The van der Waals surface area contributed by atoms with Gasteiger partial charge >= 0.3 is 6.18 Å². The van der Waals surface area contributed by atoms with Crippen molar-refractivity contribution < 1.29 is 26.3 Å². The third-order valence-corrected chi connectivity index (χ3v) is 2.99. The first-order valence-electron chi connectivity index (χ1n) is 4.82. The Morgan fingerprint density at radius 1 is 1.28 bits per heavy atom. The van der Waals surface area contributed by atoms with Crippen molar-refractivity contribution in [3.8, 4) is 5.75 Å². The molecule has 0 amide bonds. The monoisotopic (exact) mass is 279 g/mol. The van der Waals surface area contributed by atoms with Crippen LogP contribution < -0.4 is 4.74 Å². The Labute approximate surface area is 101 Å². The Bertz CT molecular complexity index is 637. The van der Waals surface area contributed by atoms with Crippen molar-refractivity contribution in [2.45, 2.75) is 11.1 Å². The summed E-state index contributed by atoms with van der Waals surface area (Å²) in [5.41, 5.74) is 0.406. The van der Waals surface area contributed by atoms with Gasteiger partial charge in [0.2, 0.25) is 0 Å². The molecule has 2 rings (SSSR count). The summed E-state index contributed by atoms with van der Waals surface area (Å²) >= 11 is 0. The molecule has 0 spiro atoms. The minimum absolute atomic E-state index is 0.0225. The molecule has 8 heteroatoms. The number of ether oxygens (including phenoxy) is 1. The van der Waals surface area contributed by atoms with E-state index < -0.39 is 23.5 Å². The van der Waals surface area contributed by atoms with Crippen molar-refractivity contribution in [3.63, 3.8) is 0 Å². The number of fused-ring (bicyclic) bond motifs is 1. The van der Waals surface area contributed by atoms with E-state index in [1.165, 1.54) is 24.4 Å². The van der Waals surface area contributed by atoms with Crippen LogP contribution in [-0.4, -0.2) is 26.2 Å². The topological polar surface area (TPSA) is 59.2 Å². The van der Waals surface area contributed by atoms with Crippen LogP contribution in [0.4, 0.5) is 13.2 Å². The summed E-state index contributed by atoms with van der Waals surface area (Å²) in [5, 5.41) is 0.422. The number of benzene rings is 1. The second-order valence-electron chi connectivity index (χ2n) is 3.54. The third-order valence-electron chi connectivity index (χ3n) is 2.23. The summed E-state index contributed by atoms with van der Waals surface area (Å²) in [6, 6.07) is 4.02. The maximum absolute atomic E-state index is 12.0. The molecule has 0 saturated heterocycles. The standard InChI is InChI=1S/C10H8F3NO3S/c11-10(12,13)5-17-6-1-2-7-8(3-6)14-4-9(7)18(15)16/h1-4,14,18H,5H2. The van der Waals surface area contributed by atoms with Crippen molar-refractivity contribution in [2.24, 2.45) is 0 Å². The van der Waals surface area contributed by atoms with E-state index >= 15 is 0 Å². The van der Waals surface area contributed by atoms with Gasteiger partial charge in [0, 0.05) is 17.6 Å². The van der Waals surface area contributed by atoms with Gasteiger partial charge in [0.15, 0.2) is 17.3 Å². The summed E-state index contributed by atoms with van der Waals surface area (Å²) in [7, 11) is -2.75. The molecular formula is C10H8F3NO3S. The van der Waals surface area contributed by atoms with Gasteiger partial charge in [-0.15, -0.1) is 0 Å². The van der Waals surface area contributed by atoms with Gasteiger partial charge in [-0.05, 0) is 12.1 Å². The maximum atomic E-state index is 12.0. The van der Waals surface area contributed by atoms with E-state index in [2.05, 4.69) is 9.72 Å². The molecule has 0 aliphatic heterocycles. The molecule has 0 atom stereocenters. The van der Waals surface area contributed by atoms with Crippen molar-refractivity contribution in [1.29, 1.82) is 0 Å². The van der Waals surface area contributed by atoms with Crippen LogP contribution in [0, 0.1) is 0 Å². The molecule has 0 fully saturated rings. The van der Waals surface area contributed by atoms with Gasteiger partial charge in [-0.3, -0.25) is 0 Å². The molecule has 2 aromatic rings. The fraction of sp³-hybridized carbons (Fsp3) is 0.200. The highest BCUT2D eigenvalue weighted by atomic mass is 32.2. The molecule has 1 aromatic carbocycles. The number of thiol groups is 1. The van der Waals surface area contributed by atoms with E-state index in [-0.39, 0.29) is 10.6 Å². The van der Waals surface area contributed by atoms with Crippen LogP contribution in [0.15, 0.2) is 29.3 Å². The quantitative estimate of drug-likeness (QED) is 0.846. The second-order valence-corrected chi connectivity index (χ2v) is 4.54. The normalized spacial score (nSPS) is 12.2. The number of alkyl halides is 3. The van der Waals surface area contributed by atoms with Gasteiger partial charge in [0.05, 0.1) is 10.4 Å². The first-order chi connectivity index (χ1) is 8.37. The van der Waals surface area contributed by atoms with Crippen LogP contribution in [0.5, 0.6) is 5.75 Å². The van der Waals surface area contributed by atoms with E-state index in [0.29, 0.717) is 10.9 Å². The number of H-pyrrole nitrogens is 1. The van der Waals surface area contributed by atoms with E-state index in [0.717, 1.165) is 0 Å². The van der Waals surface area contributed by atoms with Crippen LogP contribution >= 0.6 is 0 Å². The number of halogens is 3. The Morgan fingerprint density at radius 3 is 2.61 bits per heavy atom. The fourth-order valence-electron chi connectivity index (χ4n) is 1.50. The summed E-state index contributed by atoms with van der Waals surface area (Å²) in [6.07, 6.45) is -3.13. The molecule has 0 aliphatic carbocycles. The second kappa shape index (κ2) is 4.52. The van der Waals surface area contributed by atoms with Gasteiger partial charge in [-0.25, -0.2) is 8.42 Å². The Kier molecular flexibility index (Phi) is 3.20. The molecule has 1 heterocycles. The molecule has 0 radical (unpaired) electrons. The Balaban J connectivity index is 2.29. The Morgan fingerprint density at radius 2 is 2.00 bits per heavy atom. The lowest BCUT2D eigenvalue weighted by Crippen LogP contribution is -2.19. The van der Waals surface area contributed by atoms with Crippen LogP contribution in [0.1, 0.15) is 0 Å². The first kappa shape index (κ1) is 12.7. The zero-order chi connectivity index (χ0) is 13.3. The molecule has 0 saturated carbocycles. The van der Waals surface area contributed by atoms with E-state index in [4.69, 9.17) is 0 Å². The van der Waals surface area contributed by atoms with Crippen molar-refractivity contribution in [1.82, 2.24) is 4.98 Å². The molecule has 0 aliphatic rings. The number of aromatic amines is 1. The number of hydrogen-bond acceptors (Lipinski definition) is 3. The predicted octanol–water partition coefficient (Wildman–Crippen LogP) is 2.08. The molecule has 1 aromatic heterocycles. The molecular weight excluding hydrogens is 271 g/mol. The molecule has 4 nitrogen and oxygen atoms in total. The lowest BCUT2D eigenvalue weighted by Gasteiger charge is -2.08. The van der Waals surface area contributed by atoms with Crippen LogP contribution in [-0.2, 0) is 10.7 Å². The van der Waals surface area contributed by atoms with Crippen LogP contribution in [0.2, 0.25) is 0 Å². The summed E-state index contributed by atoms with van der Waals surface area (Å²) in [6.45, 7) is -1.39. The smallest absolute Gasteiger partial charge is 0.422 e. The van der Waals surface area contributed by atoms with E-state index in [9.17, 15) is 21.6 Å². The summed E-state index contributed by atoms with van der Waals surface area (Å²) < 4.78 is 62.1. The number of rotatable bonds is 3. The Hall–Kier alpha value is -1.70. The largest absolute Gasteiger partial charge is 0.484 e. The fourth-order valence-corrected chi connectivity index (χ4v) is 2.06. The van der Waals surface area contributed by atoms with Gasteiger partial charge in [0.25, 0.3) is 0 Å². The van der Waals surface area contributed by atoms with E-state index in [1.807, 2.05) is 0 Å². The predicted molar refractivity (Wildman–Crippen MR) is 58.4 cm³/mol. The minimum atomic E-state index is -4.41. The van der Waals surface area contributed by atoms with Crippen LogP contribution in [0.25, 0.3) is 10.9 Å². The van der Waals surface area contributed by atoms with Gasteiger partial charge < -0.3 is 9.72 Å². The lowest BCUT2D eigenvalue weighted by atomic mass is 10.2. The highest BCUT2D eigenvalue weighted by Crippen LogP contribution is 2.25. The molecule has 1 N–H and O–H groups in total. The maximum Gasteiger partial charge on any atom is 0.422 e. The molecule has 0 bridgehead atoms. The van der Waals surface area contributed by atoms with Gasteiger partial charge in [0.1, 0.15) is 5.75 Å². The van der Waals surface area contributed by atoms with Gasteiger partial charge in [-0.1, -0.05) is 0 Å². The van der Waals surface area contributed by atoms with Gasteiger partial charge in [-0.2, -0.15) is 13.2 Å². The third kappa shape index (κ3) is 2.76. The number of aromatic nitrogens is 1. The minimum Gasteiger partial charge on any atom is -0.484 e. The molecule has 0 unspecified atom stereocenters. The molecule has 98 valence electrons. The summed E-state index contributed by atoms with van der Waals surface area (Å²) in [4.78, 5) is 2.76. The number of nitrogens with one attached hydrogen (secondary N) is 1. The highest BCUT2D eigenvalue weighted by Gasteiger charge is 2.28. The average molecular weight is 279 g/mol. The van der Waals surface area contributed by atoms with E-state index in [1.54, 1.807) is 0 Å². The van der Waals surface area contributed by atoms with Crippen molar-refractivity contribution in [3.05, 3.63) is 24.4 Å². The zero-order valence-electron chi connectivity index (χ0n) is 8.82. The number of hydrogen-bond donors (Lipinski definition) is 2.